The lowest BCUT2D eigenvalue weighted by Gasteiger charge is -2.11. The summed E-state index contributed by atoms with van der Waals surface area (Å²) >= 11 is 0. The van der Waals surface area contributed by atoms with Gasteiger partial charge in [-0.3, -0.25) is 9.36 Å². The maximum atomic E-state index is 12.5. The van der Waals surface area contributed by atoms with Gasteiger partial charge in [-0.25, -0.2) is 4.98 Å². The molecule has 19 heavy (non-hydrogen) atoms. The molecule has 1 aromatic rings. The number of nitrogens with one attached hydrogen (secondary N) is 2. The molecule has 0 spiro atoms. The molecule has 5 nitrogen and oxygen atoms in total. The van der Waals surface area contributed by atoms with Crippen LogP contribution in [0.1, 0.15) is 25.2 Å². The summed E-state index contributed by atoms with van der Waals surface area (Å²) in [5.41, 5.74) is 0. The first-order chi connectivity index (χ1) is 8.18. The summed E-state index contributed by atoms with van der Waals surface area (Å²) in [4.78, 5) is 15.4. The van der Waals surface area contributed by atoms with Crippen molar-refractivity contribution in [3.8, 4) is 0 Å². The number of carbonyl (C=O) groups is 1. The SMILES string of the molecule is Cl.Cl.O=C(NCc1nccn1C(F)F)C1CCCN1. The molecule has 1 amide bonds. The molecule has 0 radical (unpaired) electrons. The van der Waals surface area contributed by atoms with E-state index >= 15 is 0 Å². The fourth-order valence-electron chi connectivity index (χ4n) is 1.86. The Bertz CT molecular complexity index is 397. The third kappa shape index (κ3) is 4.59. The van der Waals surface area contributed by atoms with Gasteiger partial charge in [-0.2, -0.15) is 8.78 Å². The summed E-state index contributed by atoms with van der Waals surface area (Å²) in [7, 11) is 0. The third-order valence-corrected chi connectivity index (χ3v) is 2.76. The average Bonchev–Trinajstić information content (AvgIpc) is 2.96. The molecule has 0 saturated carbocycles. The number of hydrogen-bond acceptors (Lipinski definition) is 3. The summed E-state index contributed by atoms with van der Waals surface area (Å²) in [6.45, 7) is -1.79. The van der Waals surface area contributed by atoms with E-state index in [1.54, 1.807) is 0 Å². The van der Waals surface area contributed by atoms with E-state index in [-0.39, 0.29) is 49.1 Å². The van der Waals surface area contributed by atoms with E-state index in [4.69, 9.17) is 0 Å². The molecule has 2 heterocycles. The minimum atomic E-state index is -2.63. The lowest BCUT2D eigenvalue weighted by Crippen LogP contribution is -2.40. The Morgan fingerprint density at radius 1 is 1.58 bits per heavy atom. The molecule has 2 N–H and O–H groups in total. The van der Waals surface area contributed by atoms with E-state index < -0.39 is 6.55 Å². The Morgan fingerprint density at radius 2 is 2.32 bits per heavy atom. The van der Waals surface area contributed by atoms with Gasteiger partial charge in [0, 0.05) is 12.4 Å². The lowest BCUT2D eigenvalue weighted by atomic mass is 10.2. The molecule has 1 aromatic heterocycles. The lowest BCUT2D eigenvalue weighted by molar-refractivity contribution is -0.123. The number of imidazole rings is 1. The molecule has 2 rings (SSSR count). The molecule has 1 aliphatic heterocycles. The zero-order valence-electron chi connectivity index (χ0n) is 10.0. The number of nitrogens with zero attached hydrogens (tertiary/aromatic N) is 2. The maximum absolute atomic E-state index is 12.5. The first-order valence-corrected chi connectivity index (χ1v) is 5.49. The van der Waals surface area contributed by atoms with E-state index in [0.717, 1.165) is 24.0 Å². The van der Waals surface area contributed by atoms with E-state index in [9.17, 15) is 13.6 Å². The van der Waals surface area contributed by atoms with Crippen LogP contribution in [0.3, 0.4) is 0 Å². The number of hydrogen-bond donors (Lipinski definition) is 2. The number of aromatic nitrogens is 2. The van der Waals surface area contributed by atoms with Crippen molar-refractivity contribution >= 4 is 30.7 Å². The van der Waals surface area contributed by atoms with Crippen molar-refractivity contribution in [2.45, 2.75) is 32.0 Å². The van der Waals surface area contributed by atoms with Crippen molar-refractivity contribution in [2.24, 2.45) is 0 Å². The molecule has 1 saturated heterocycles. The monoisotopic (exact) mass is 316 g/mol. The van der Waals surface area contributed by atoms with Gasteiger partial charge in [-0.05, 0) is 19.4 Å². The standard InChI is InChI=1S/C10H14F2N4O.2ClH/c11-10(12)16-5-4-14-8(16)6-15-9(17)7-2-1-3-13-7;;/h4-5,7,10,13H,1-3,6H2,(H,15,17);2*1H. The summed E-state index contributed by atoms with van der Waals surface area (Å²) in [6.07, 6.45) is 4.24. The summed E-state index contributed by atoms with van der Waals surface area (Å²) in [6, 6.07) is -0.204. The van der Waals surface area contributed by atoms with Gasteiger partial charge in [0.25, 0.3) is 0 Å². The Kier molecular flexibility index (Phi) is 7.89. The van der Waals surface area contributed by atoms with E-state index in [0.29, 0.717) is 0 Å². The van der Waals surface area contributed by atoms with Crippen molar-refractivity contribution in [1.82, 2.24) is 20.2 Å². The topological polar surface area (TPSA) is 59.0 Å². The molecule has 1 unspecified atom stereocenters. The zero-order valence-corrected chi connectivity index (χ0v) is 11.6. The van der Waals surface area contributed by atoms with Gasteiger partial charge in [-0.15, -0.1) is 24.8 Å². The third-order valence-electron chi connectivity index (χ3n) is 2.76. The van der Waals surface area contributed by atoms with Gasteiger partial charge < -0.3 is 10.6 Å². The molecule has 1 fully saturated rings. The predicted octanol–water partition coefficient (Wildman–Crippen LogP) is 1.49. The highest BCUT2D eigenvalue weighted by Gasteiger charge is 2.22. The second kappa shape index (κ2) is 8.29. The number of carbonyl (C=O) groups excluding carboxylic acids is 1. The molecular formula is C10H16Cl2F2N4O. The van der Waals surface area contributed by atoms with Crippen molar-refractivity contribution in [2.75, 3.05) is 6.54 Å². The summed E-state index contributed by atoms with van der Waals surface area (Å²) in [5, 5.41) is 5.64. The van der Waals surface area contributed by atoms with Gasteiger partial charge in [-0.1, -0.05) is 0 Å². The van der Waals surface area contributed by atoms with E-state index in [1.165, 1.54) is 12.4 Å². The van der Waals surface area contributed by atoms with Crippen LogP contribution in [-0.2, 0) is 11.3 Å². The quantitative estimate of drug-likeness (QED) is 0.885. The molecule has 0 aliphatic carbocycles. The van der Waals surface area contributed by atoms with Gasteiger partial charge in [0.05, 0.1) is 12.6 Å². The van der Waals surface area contributed by atoms with Crippen LogP contribution >= 0.6 is 24.8 Å². The molecule has 1 aliphatic rings. The Balaban J connectivity index is 0.00000162. The van der Waals surface area contributed by atoms with Crippen LogP contribution in [0.15, 0.2) is 12.4 Å². The van der Waals surface area contributed by atoms with Crippen LogP contribution in [-0.4, -0.2) is 28.0 Å². The highest BCUT2D eigenvalue weighted by molar-refractivity contribution is 5.85. The van der Waals surface area contributed by atoms with Crippen LogP contribution in [0.4, 0.5) is 8.78 Å². The van der Waals surface area contributed by atoms with Gasteiger partial charge in [0.1, 0.15) is 5.82 Å². The molecule has 1 atom stereocenters. The van der Waals surface area contributed by atoms with Crippen molar-refractivity contribution in [3.05, 3.63) is 18.2 Å². The van der Waals surface area contributed by atoms with Gasteiger partial charge in [0.15, 0.2) is 0 Å². The Labute approximate surface area is 122 Å². The summed E-state index contributed by atoms with van der Waals surface area (Å²) < 4.78 is 25.7. The van der Waals surface area contributed by atoms with Crippen molar-refractivity contribution in [3.63, 3.8) is 0 Å². The Morgan fingerprint density at radius 3 is 2.89 bits per heavy atom. The normalized spacial score (nSPS) is 17.7. The fraction of sp³-hybridized carbons (Fsp3) is 0.600. The second-order valence-corrected chi connectivity index (χ2v) is 3.90. The first-order valence-electron chi connectivity index (χ1n) is 5.49. The number of rotatable bonds is 4. The molecule has 110 valence electrons. The zero-order chi connectivity index (χ0) is 12.3. The molecule has 9 heteroatoms. The number of amides is 1. The molecule has 0 aromatic carbocycles. The van der Waals surface area contributed by atoms with Gasteiger partial charge >= 0.3 is 6.55 Å². The van der Waals surface area contributed by atoms with Crippen LogP contribution in [0.25, 0.3) is 0 Å². The first kappa shape index (κ1) is 18.1. The van der Waals surface area contributed by atoms with Crippen LogP contribution in [0.2, 0.25) is 0 Å². The molecule has 0 bridgehead atoms. The Hall–Kier alpha value is -0.920. The van der Waals surface area contributed by atoms with Crippen LogP contribution < -0.4 is 10.6 Å². The largest absolute Gasteiger partial charge is 0.348 e. The summed E-state index contributed by atoms with van der Waals surface area (Å²) in [5.74, 6) is -0.00216. The van der Waals surface area contributed by atoms with Crippen LogP contribution in [0.5, 0.6) is 0 Å². The predicted molar refractivity (Wildman–Crippen MR) is 70.8 cm³/mol. The van der Waals surface area contributed by atoms with E-state index in [2.05, 4.69) is 15.6 Å². The smallest absolute Gasteiger partial charge is 0.319 e. The van der Waals surface area contributed by atoms with Gasteiger partial charge in [0.2, 0.25) is 5.91 Å². The highest BCUT2D eigenvalue weighted by atomic mass is 35.5. The van der Waals surface area contributed by atoms with Crippen molar-refractivity contribution < 1.29 is 13.6 Å². The highest BCUT2D eigenvalue weighted by Crippen LogP contribution is 2.12. The minimum absolute atomic E-state index is 0. The number of halogens is 4. The second-order valence-electron chi connectivity index (χ2n) is 3.90. The average molecular weight is 317 g/mol. The van der Waals surface area contributed by atoms with Crippen LogP contribution in [0, 0.1) is 0 Å². The van der Waals surface area contributed by atoms with Crippen molar-refractivity contribution in [1.29, 1.82) is 0 Å². The fourth-order valence-corrected chi connectivity index (χ4v) is 1.86. The maximum Gasteiger partial charge on any atom is 0.319 e. The minimum Gasteiger partial charge on any atom is -0.348 e. The number of alkyl halides is 2. The van der Waals surface area contributed by atoms with E-state index in [1.807, 2.05) is 0 Å². The molecular weight excluding hydrogens is 301 g/mol.